The molecule has 1 saturated heterocycles. The van der Waals surface area contributed by atoms with Crippen LogP contribution in [0.4, 0.5) is 13.2 Å². The number of halogens is 3. The zero-order valence-corrected chi connectivity index (χ0v) is 9.63. The number of carbonyl (C=O) groups excluding carboxylic acids is 1. The van der Waals surface area contributed by atoms with E-state index in [4.69, 9.17) is 0 Å². The van der Waals surface area contributed by atoms with Crippen LogP contribution in [0.5, 0.6) is 0 Å². The molecule has 1 fully saturated rings. The minimum absolute atomic E-state index is 0.0295. The smallest absolute Gasteiger partial charge is 0.278 e. The van der Waals surface area contributed by atoms with Gasteiger partial charge in [-0.3, -0.25) is 9.80 Å². The molecule has 0 spiro atoms. The summed E-state index contributed by atoms with van der Waals surface area (Å²) in [7, 11) is 0. The first-order chi connectivity index (χ1) is 8.47. The van der Waals surface area contributed by atoms with Gasteiger partial charge in [0, 0.05) is 19.5 Å². The van der Waals surface area contributed by atoms with Crippen molar-refractivity contribution in [1.29, 1.82) is 0 Å². The molecular formula is C12H13F3N2O. The third-order valence-corrected chi connectivity index (χ3v) is 2.85. The van der Waals surface area contributed by atoms with Crippen LogP contribution in [0, 0.1) is 0 Å². The number of benzene rings is 1. The van der Waals surface area contributed by atoms with Gasteiger partial charge in [-0.05, 0) is 24.1 Å². The third kappa shape index (κ3) is 3.01. The van der Waals surface area contributed by atoms with Gasteiger partial charge in [-0.2, -0.15) is 13.2 Å². The Bertz CT molecular complexity index is 428. The van der Waals surface area contributed by atoms with Crippen molar-refractivity contribution in [2.45, 2.75) is 19.0 Å². The van der Waals surface area contributed by atoms with Crippen LogP contribution in [0.25, 0.3) is 0 Å². The molecule has 0 unspecified atom stereocenters. The first-order valence-electron chi connectivity index (χ1n) is 5.67. The minimum atomic E-state index is -4.30. The van der Waals surface area contributed by atoms with E-state index in [0.29, 0.717) is 25.9 Å². The van der Waals surface area contributed by atoms with Crippen LogP contribution in [-0.2, 0) is 17.4 Å². The second-order valence-corrected chi connectivity index (χ2v) is 4.15. The molecule has 0 aromatic heterocycles. The molecule has 1 aliphatic heterocycles. The number of hydrazine groups is 1. The van der Waals surface area contributed by atoms with Crippen LogP contribution in [0.15, 0.2) is 24.3 Å². The van der Waals surface area contributed by atoms with E-state index < -0.39 is 11.7 Å². The number of nitrogens with one attached hydrogen (secondary N) is 1. The number of carbonyl (C=O) groups is 1. The van der Waals surface area contributed by atoms with Gasteiger partial charge in [0.2, 0.25) is 5.91 Å². The van der Waals surface area contributed by atoms with Crippen LogP contribution in [-0.4, -0.2) is 24.0 Å². The summed E-state index contributed by atoms with van der Waals surface area (Å²) in [5, 5.41) is 1.51. The molecule has 0 saturated carbocycles. The number of hydrogen-bond acceptors (Lipinski definition) is 2. The highest BCUT2D eigenvalue weighted by atomic mass is 19.4. The molecule has 3 nitrogen and oxygen atoms in total. The maximum atomic E-state index is 12.3. The summed E-state index contributed by atoms with van der Waals surface area (Å²) in [6.07, 6.45) is -3.28. The zero-order valence-electron chi connectivity index (χ0n) is 9.63. The molecule has 1 aliphatic rings. The normalized spacial score (nSPS) is 16.4. The minimum Gasteiger partial charge on any atom is -0.278 e. The Balaban J connectivity index is 1.92. The largest absolute Gasteiger partial charge is 0.416 e. The molecule has 1 N–H and O–H groups in total. The summed E-state index contributed by atoms with van der Waals surface area (Å²) < 4.78 is 37.0. The molecule has 1 aromatic carbocycles. The van der Waals surface area contributed by atoms with Crippen LogP contribution in [0.1, 0.15) is 17.5 Å². The van der Waals surface area contributed by atoms with E-state index in [1.54, 1.807) is 0 Å². The van der Waals surface area contributed by atoms with Gasteiger partial charge in [-0.15, -0.1) is 0 Å². The van der Waals surface area contributed by atoms with Crippen molar-refractivity contribution in [3.8, 4) is 0 Å². The number of amides is 1. The van der Waals surface area contributed by atoms with Crippen LogP contribution in [0.2, 0.25) is 0 Å². The Kier molecular flexibility index (Phi) is 3.56. The summed E-state index contributed by atoms with van der Waals surface area (Å²) in [5.74, 6) is 0.0295. The van der Waals surface area contributed by atoms with E-state index in [1.165, 1.54) is 17.1 Å². The SMILES string of the molecule is O=C1CCNN1CCc1ccc(C(F)(F)F)cc1. The van der Waals surface area contributed by atoms with Crippen molar-refractivity contribution in [2.75, 3.05) is 13.1 Å². The van der Waals surface area contributed by atoms with Gasteiger partial charge in [0.05, 0.1) is 5.56 Å². The van der Waals surface area contributed by atoms with Crippen molar-refractivity contribution in [2.24, 2.45) is 0 Å². The van der Waals surface area contributed by atoms with Gasteiger partial charge in [-0.25, -0.2) is 5.43 Å². The highest BCUT2D eigenvalue weighted by Crippen LogP contribution is 2.29. The van der Waals surface area contributed by atoms with Crippen LogP contribution < -0.4 is 5.43 Å². The molecule has 0 atom stereocenters. The van der Waals surface area contributed by atoms with Crippen molar-refractivity contribution in [1.82, 2.24) is 10.4 Å². The lowest BCUT2D eigenvalue weighted by Crippen LogP contribution is -2.35. The Morgan fingerprint density at radius 3 is 2.39 bits per heavy atom. The predicted octanol–water partition coefficient (Wildman–Crippen LogP) is 1.98. The zero-order chi connectivity index (χ0) is 13.2. The first kappa shape index (κ1) is 12.9. The van der Waals surface area contributed by atoms with Crippen molar-refractivity contribution < 1.29 is 18.0 Å². The van der Waals surface area contributed by atoms with E-state index >= 15 is 0 Å². The highest BCUT2D eigenvalue weighted by molar-refractivity contribution is 5.77. The van der Waals surface area contributed by atoms with Crippen LogP contribution >= 0.6 is 0 Å². The monoisotopic (exact) mass is 258 g/mol. The van der Waals surface area contributed by atoms with Gasteiger partial charge in [0.15, 0.2) is 0 Å². The Morgan fingerprint density at radius 1 is 1.22 bits per heavy atom. The molecule has 6 heteroatoms. The average molecular weight is 258 g/mol. The quantitative estimate of drug-likeness (QED) is 0.899. The maximum absolute atomic E-state index is 12.3. The van der Waals surface area contributed by atoms with Gasteiger partial charge in [0.1, 0.15) is 0 Å². The third-order valence-electron chi connectivity index (χ3n) is 2.85. The fourth-order valence-electron chi connectivity index (χ4n) is 1.83. The molecule has 98 valence electrons. The molecule has 2 rings (SSSR count). The summed E-state index contributed by atoms with van der Waals surface area (Å²) >= 11 is 0. The standard InChI is InChI=1S/C12H13F3N2O/c13-12(14,15)10-3-1-9(2-4-10)6-8-17-11(18)5-7-16-17/h1-4,16H,5-8H2. The first-order valence-corrected chi connectivity index (χ1v) is 5.67. The molecule has 0 radical (unpaired) electrons. The second kappa shape index (κ2) is 4.97. The van der Waals surface area contributed by atoms with Crippen molar-refractivity contribution in [3.05, 3.63) is 35.4 Å². The predicted molar refractivity (Wildman–Crippen MR) is 59.5 cm³/mol. The van der Waals surface area contributed by atoms with E-state index in [2.05, 4.69) is 5.43 Å². The number of alkyl halides is 3. The lowest BCUT2D eigenvalue weighted by molar-refractivity contribution is -0.137. The van der Waals surface area contributed by atoms with Gasteiger partial charge in [0.25, 0.3) is 0 Å². The summed E-state index contributed by atoms with van der Waals surface area (Å²) in [6.45, 7) is 1.11. The van der Waals surface area contributed by atoms with E-state index in [1.807, 2.05) is 0 Å². The highest BCUT2D eigenvalue weighted by Gasteiger charge is 2.29. The topological polar surface area (TPSA) is 32.3 Å². The molecule has 0 bridgehead atoms. The fraction of sp³-hybridized carbons (Fsp3) is 0.417. The number of nitrogens with zero attached hydrogens (tertiary/aromatic N) is 1. The van der Waals surface area contributed by atoms with Gasteiger partial charge in [-0.1, -0.05) is 12.1 Å². The lowest BCUT2D eigenvalue weighted by Gasteiger charge is -2.15. The van der Waals surface area contributed by atoms with E-state index in [9.17, 15) is 18.0 Å². The molecule has 1 heterocycles. The maximum Gasteiger partial charge on any atom is 0.416 e. The van der Waals surface area contributed by atoms with E-state index in [0.717, 1.165) is 17.7 Å². The molecular weight excluding hydrogens is 245 g/mol. The number of hydrogen-bond donors (Lipinski definition) is 1. The number of rotatable bonds is 3. The lowest BCUT2D eigenvalue weighted by atomic mass is 10.1. The van der Waals surface area contributed by atoms with Gasteiger partial charge >= 0.3 is 6.18 Å². The summed E-state index contributed by atoms with van der Waals surface area (Å²) in [4.78, 5) is 11.3. The molecule has 0 aliphatic carbocycles. The Hall–Kier alpha value is -1.56. The fourth-order valence-corrected chi connectivity index (χ4v) is 1.83. The van der Waals surface area contributed by atoms with Crippen molar-refractivity contribution >= 4 is 5.91 Å². The Morgan fingerprint density at radius 2 is 1.89 bits per heavy atom. The molecule has 18 heavy (non-hydrogen) atoms. The molecule has 1 amide bonds. The van der Waals surface area contributed by atoms with Gasteiger partial charge < -0.3 is 0 Å². The summed E-state index contributed by atoms with van der Waals surface area (Å²) in [6, 6.07) is 5.02. The summed E-state index contributed by atoms with van der Waals surface area (Å²) in [5.41, 5.74) is 3.05. The second-order valence-electron chi connectivity index (χ2n) is 4.15. The molecule has 1 aromatic rings. The van der Waals surface area contributed by atoms with Crippen LogP contribution in [0.3, 0.4) is 0 Å². The average Bonchev–Trinajstić information content (AvgIpc) is 2.72. The Labute approximate surface area is 103 Å². The van der Waals surface area contributed by atoms with Crippen molar-refractivity contribution in [3.63, 3.8) is 0 Å². The van der Waals surface area contributed by atoms with E-state index in [-0.39, 0.29) is 5.91 Å².